The fourth-order valence-corrected chi connectivity index (χ4v) is 5.00. The van der Waals surface area contributed by atoms with E-state index in [1.54, 1.807) is 43.5 Å². The van der Waals surface area contributed by atoms with Crippen LogP contribution >= 0.6 is 34.8 Å². The Bertz CT molecular complexity index is 1630. The van der Waals surface area contributed by atoms with Crippen molar-refractivity contribution in [3.63, 3.8) is 0 Å². The first-order chi connectivity index (χ1) is 17.3. The molecule has 0 bridgehead atoms. The second kappa shape index (κ2) is 9.50. The van der Waals surface area contributed by atoms with Gasteiger partial charge in [-0.15, -0.1) is 0 Å². The van der Waals surface area contributed by atoms with Gasteiger partial charge in [0.1, 0.15) is 21.6 Å². The number of rotatable bonds is 5. The first-order valence-electron chi connectivity index (χ1n) is 10.7. The summed E-state index contributed by atoms with van der Waals surface area (Å²) in [7, 11) is 1.55. The van der Waals surface area contributed by atoms with Crippen LogP contribution in [0.15, 0.2) is 67.0 Å². The van der Waals surface area contributed by atoms with Gasteiger partial charge < -0.3 is 14.6 Å². The summed E-state index contributed by atoms with van der Waals surface area (Å²) in [4.78, 5) is 13.5. The molecule has 2 aromatic heterocycles. The number of methoxy groups -OCH3 is 1. The molecule has 0 aliphatic heterocycles. The van der Waals surface area contributed by atoms with E-state index in [9.17, 15) is 14.4 Å². The number of nitrogens with zero attached hydrogens (tertiary/aromatic N) is 2. The Balaban J connectivity index is 1.73. The summed E-state index contributed by atoms with van der Waals surface area (Å²) >= 11 is 18.8. The molecule has 10 heteroatoms. The number of halogens is 4. The Morgan fingerprint density at radius 1 is 1.06 bits per heavy atom. The van der Waals surface area contributed by atoms with Crippen molar-refractivity contribution in [1.82, 2.24) is 4.57 Å². The van der Waals surface area contributed by atoms with E-state index in [1.807, 2.05) is 10.6 Å². The molecule has 36 heavy (non-hydrogen) atoms. The molecule has 0 radical (unpaired) electrons. The van der Waals surface area contributed by atoms with Gasteiger partial charge in [-0.3, -0.25) is 10.0 Å². The molecule has 0 unspecified atom stereocenters. The van der Waals surface area contributed by atoms with E-state index in [0.717, 1.165) is 16.5 Å². The Morgan fingerprint density at radius 3 is 2.42 bits per heavy atom. The summed E-state index contributed by atoms with van der Waals surface area (Å²) in [5, 5.41) is 14.4. The second-order valence-corrected chi connectivity index (χ2v) is 9.33. The molecule has 5 aromatic rings. The molecule has 0 saturated heterocycles. The maximum absolute atomic E-state index is 13.5. The standard InChI is InChI=1S/C26H17Cl3FN3O3/c1-36-22-9-7-17(26(34)31-24-19(28)12-32(35)13-20(24)29)23-18-10-15(27)4-8-21(18)33(25(22)23)11-14-2-5-16(30)6-3-14/h2-10,12-13,35H,11H2,1H3/p+1. The number of benzene rings is 3. The van der Waals surface area contributed by atoms with Crippen LogP contribution in [0.5, 0.6) is 5.75 Å². The molecule has 0 fully saturated rings. The lowest BCUT2D eigenvalue weighted by atomic mass is 10.0. The third-order valence-corrected chi connectivity index (χ3v) is 6.66. The monoisotopic (exact) mass is 544 g/mol. The molecular weight excluding hydrogens is 528 g/mol. The van der Waals surface area contributed by atoms with Gasteiger partial charge in [-0.05, 0) is 48.0 Å². The first kappa shape index (κ1) is 24.2. The lowest BCUT2D eigenvalue weighted by Crippen LogP contribution is -2.29. The largest absolute Gasteiger partial charge is 0.495 e. The molecular formula is C26H18Cl3FN3O3+. The van der Waals surface area contributed by atoms with E-state index in [2.05, 4.69) is 5.32 Å². The number of carbonyl (C=O) groups excluding carboxylic acids is 1. The van der Waals surface area contributed by atoms with Crippen LogP contribution in [0.4, 0.5) is 10.1 Å². The van der Waals surface area contributed by atoms with Crippen molar-refractivity contribution in [3.8, 4) is 5.75 Å². The quantitative estimate of drug-likeness (QED) is 0.190. The van der Waals surface area contributed by atoms with E-state index in [0.29, 0.717) is 38.5 Å². The topological polar surface area (TPSA) is 67.4 Å². The number of fused-ring (bicyclic) bond motifs is 3. The summed E-state index contributed by atoms with van der Waals surface area (Å²) in [5.74, 6) is -0.245. The summed E-state index contributed by atoms with van der Waals surface area (Å²) in [6, 6.07) is 15.0. The Hall–Kier alpha value is -3.52. The molecule has 0 aliphatic rings. The van der Waals surface area contributed by atoms with Gasteiger partial charge in [0, 0.05) is 38.2 Å². The number of pyridine rings is 1. The average Bonchev–Trinajstić information content (AvgIpc) is 3.15. The van der Waals surface area contributed by atoms with Crippen LogP contribution in [-0.4, -0.2) is 22.8 Å². The molecule has 5 rings (SSSR count). The van der Waals surface area contributed by atoms with Gasteiger partial charge in [-0.25, -0.2) is 4.39 Å². The Morgan fingerprint density at radius 2 is 1.75 bits per heavy atom. The van der Waals surface area contributed by atoms with Crippen molar-refractivity contribution in [2.45, 2.75) is 6.54 Å². The number of carbonyl (C=O) groups is 1. The summed E-state index contributed by atoms with van der Waals surface area (Å²) in [6.07, 6.45) is 2.42. The third-order valence-electron chi connectivity index (χ3n) is 5.86. The zero-order valence-electron chi connectivity index (χ0n) is 18.7. The number of anilines is 1. The Kier molecular flexibility index (Phi) is 6.38. The molecule has 1 amide bonds. The fourth-order valence-electron chi connectivity index (χ4n) is 4.28. The number of hydrogen-bond donors (Lipinski definition) is 2. The highest BCUT2D eigenvalue weighted by molar-refractivity contribution is 6.40. The van der Waals surface area contributed by atoms with Gasteiger partial charge in [0.2, 0.25) is 12.4 Å². The van der Waals surface area contributed by atoms with Crippen molar-refractivity contribution < 1.29 is 23.9 Å². The molecule has 0 aliphatic carbocycles. The molecule has 3 aromatic carbocycles. The van der Waals surface area contributed by atoms with Gasteiger partial charge in [-0.2, -0.15) is 0 Å². The van der Waals surface area contributed by atoms with Crippen LogP contribution in [-0.2, 0) is 6.54 Å². The van der Waals surface area contributed by atoms with Crippen LogP contribution in [0.2, 0.25) is 15.1 Å². The summed E-state index contributed by atoms with van der Waals surface area (Å²) in [5.41, 5.74) is 2.84. The predicted molar refractivity (Wildman–Crippen MR) is 138 cm³/mol. The number of nitrogens with one attached hydrogen (secondary N) is 1. The number of ether oxygens (including phenoxy) is 1. The number of hydrogen-bond acceptors (Lipinski definition) is 3. The minimum Gasteiger partial charge on any atom is -0.495 e. The molecule has 0 atom stereocenters. The van der Waals surface area contributed by atoms with Crippen LogP contribution in [0.1, 0.15) is 15.9 Å². The van der Waals surface area contributed by atoms with Crippen molar-refractivity contribution in [2.24, 2.45) is 0 Å². The molecule has 6 nitrogen and oxygen atoms in total. The van der Waals surface area contributed by atoms with Crippen molar-refractivity contribution >= 4 is 68.2 Å². The van der Waals surface area contributed by atoms with Crippen LogP contribution in [0, 0.1) is 5.82 Å². The number of amides is 1. The minimum absolute atomic E-state index is 0.0601. The van der Waals surface area contributed by atoms with Crippen molar-refractivity contribution in [2.75, 3.05) is 12.4 Å². The zero-order chi connectivity index (χ0) is 25.6. The molecule has 2 N–H and O–H groups in total. The van der Waals surface area contributed by atoms with Crippen molar-refractivity contribution in [3.05, 3.63) is 99.0 Å². The van der Waals surface area contributed by atoms with E-state index >= 15 is 0 Å². The highest BCUT2D eigenvalue weighted by Crippen LogP contribution is 2.39. The highest BCUT2D eigenvalue weighted by Gasteiger charge is 2.24. The fraction of sp³-hybridized carbons (Fsp3) is 0.0769. The lowest BCUT2D eigenvalue weighted by molar-refractivity contribution is -0.904. The van der Waals surface area contributed by atoms with Crippen LogP contribution in [0.3, 0.4) is 0 Å². The van der Waals surface area contributed by atoms with E-state index in [1.165, 1.54) is 24.5 Å². The minimum atomic E-state index is -0.469. The van der Waals surface area contributed by atoms with Crippen LogP contribution < -0.4 is 14.8 Å². The molecule has 2 heterocycles. The van der Waals surface area contributed by atoms with Crippen molar-refractivity contribution in [1.29, 1.82) is 0 Å². The SMILES string of the molecule is COc1ccc(C(=O)Nc2c(Cl)c[n+](O)cc2Cl)c2c3cc(Cl)ccc3n(Cc3ccc(F)cc3)c12. The Labute approximate surface area is 220 Å². The van der Waals surface area contributed by atoms with E-state index in [-0.39, 0.29) is 21.5 Å². The average molecular weight is 546 g/mol. The highest BCUT2D eigenvalue weighted by atomic mass is 35.5. The van der Waals surface area contributed by atoms with E-state index in [4.69, 9.17) is 39.5 Å². The zero-order valence-corrected chi connectivity index (χ0v) is 21.0. The van der Waals surface area contributed by atoms with Gasteiger partial charge in [0.25, 0.3) is 5.91 Å². The van der Waals surface area contributed by atoms with Gasteiger partial charge in [0.05, 0.1) is 18.3 Å². The molecule has 0 saturated carbocycles. The normalized spacial score (nSPS) is 11.2. The number of aromatic nitrogens is 2. The maximum atomic E-state index is 13.5. The smallest absolute Gasteiger partial charge is 0.256 e. The first-order valence-corrected chi connectivity index (χ1v) is 11.8. The van der Waals surface area contributed by atoms with Gasteiger partial charge >= 0.3 is 0 Å². The van der Waals surface area contributed by atoms with E-state index < -0.39 is 5.91 Å². The second-order valence-electron chi connectivity index (χ2n) is 8.08. The predicted octanol–water partition coefficient (Wildman–Crippen LogP) is 6.73. The molecule has 182 valence electrons. The maximum Gasteiger partial charge on any atom is 0.256 e. The van der Waals surface area contributed by atoms with Gasteiger partial charge in [0.15, 0.2) is 0 Å². The third kappa shape index (κ3) is 4.30. The molecule has 0 spiro atoms. The summed E-state index contributed by atoms with van der Waals surface area (Å²) in [6.45, 7) is 0.399. The lowest BCUT2D eigenvalue weighted by Gasteiger charge is -2.13. The van der Waals surface area contributed by atoms with Gasteiger partial charge in [-0.1, -0.05) is 46.9 Å². The summed E-state index contributed by atoms with van der Waals surface area (Å²) < 4.78 is 21.9. The van der Waals surface area contributed by atoms with Crippen LogP contribution in [0.25, 0.3) is 21.8 Å².